The molecule has 2 heteroatoms. The molecule has 14 heavy (non-hydrogen) atoms. The van der Waals surface area contributed by atoms with Crippen LogP contribution in [0.15, 0.2) is 29.2 Å². The van der Waals surface area contributed by atoms with E-state index in [1.54, 1.807) is 11.8 Å². The first-order chi connectivity index (χ1) is 6.88. The molecular weight excluding hydrogens is 190 g/mol. The van der Waals surface area contributed by atoms with Gasteiger partial charge in [0.15, 0.2) is 0 Å². The fourth-order valence-electron chi connectivity index (χ4n) is 1.69. The van der Waals surface area contributed by atoms with Gasteiger partial charge in [-0.15, -0.1) is 11.8 Å². The normalized spacial score (nSPS) is 16.4. The number of hydrogen-bond donors (Lipinski definition) is 1. The lowest BCUT2D eigenvalue weighted by Crippen LogP contribution is -2.20. The van der Waals surface area contributed by atoms with Crippen LogP contribution in [0.5, 0.6) is 0 Å². The molecular formula is C12H17NS. The summed E-state index contributed by atoms with van der Waals surface area (Å²) in [7, 11) is 0. The Morgan fingerprint density at radius 3 is 2.93 bits per heavy atom. The molecule has 0 amide bonds. The average molecular weight is 207 g/mol. The first-order valence-electron chi connectivity index (χ1n) is 5.26. The van der Waals surface area contributed by atoms with E-state index < -0.39 is 0 Å². The molecule has 1 fully saturated rings. The second-order valence-corrected chi connectivity index (χ2v) is 4.79. The third-order valence-electron chi connectivity index (χ3n) is 2.89. The molecule has 1 N–H and O–H groups in total. The molecule has 2 rings (SSSR count). The van der Waals surface area contributed by atoms with Crippen LogP contribution < -0.4 is 5.32 Å². The molecule has 0 saturated heterocycles. The van der Waals surface area contributed by atoms with Crippen molar-refractivity contribution in [2.75, 3.05) is 18.1 Å². The topological polar surface area (TPSA) is 12.0 Å². The van der Waals surface area contributed by atoms with Crippen molar-refractivity contribution in [3.8, 4) is 0 Å². The highest BCUT2D eigenvalue weighted by Gasteiger charge is 2.16. The van der Waals surface area contributed by atoms with Crippen molar-refractivity contribution in [2.24, 2.45) is 5.92 Å². The van der Waals surface area contributed by atoms with Gasteiger partial charge in [0.1, 0.15) is 0 Å². The summed E-state index contributed by atoms with van der Waals surface area (Å²) in [4.78, 5) is 1.34. The minimum Gasteiger partial charge on any atom is -0.385 e. The Balaban J connectivity index is 1.87. The smallest absolute Gasteiger partial charge is 0.0351 e. The van der Waals surface area contributed by atoms with Crippen LogP contribution in [0.2, 0.25) is 0 Å². The number of rotatable bonds is 4. The molecule has 0 bridgehead atoms. The van der Waals surface area contributed by atoms with Crippen molar-refractivity contribution in [3.63, 3.8) is 0 Å². The number of thioether (sulfide) groups is 1. The maximum Gasteiger partial charge on any atom is 0.0351 e. The molecule has 1 aliphatic carbocycles. The monoisotopic (exact) mass is 207 g/mol. The molecule has 0 heterocycles. The lowest BCUT2D eigenvalue weighted by Gasteiger charge is -2.25. The molecule has 1 saturated carbocycles. The molecule has 0 aromatic heterocycles. The Kier molecular flexibility index (Phi) is 3.35. The Labute approximate surface area is 90.3 Å². The fourth-order valence-corrected chi connectivity index (χ4v) is 2.15. The summed E-state index contributed by atoms with van der Waals surface area (Å²) in [6.45, 7) is 1.15. The van der Waals surface area contributed by atoms with Gasteiger partial charge >= 0.3 is 0 Å². The lowest BCUT2D eigenvalue weighted by molar-refractivity contribution is 0.333. The first kappa shape index (κ1) is 9.91. The van der Waals surface area contributed by atoms with Gasteiger partial charge in [-0.2, -0.15) is 0 Å². The van der Waals surface area contributed by atoms with Crippen molar-refractivity contribution in [3.05, 3.63) is 24.3 Å². The second kappa shape index (κ2) is 4.74. The second-order valence-electron chi connectivity index (χ2n) is 3.91. The lowest BCUT2D eigenvalue weighted by atomic mass is 9.85. The van der Waals surface area contributed by atoms with E-state index in [1.807, 2.05) is 0 Å². The molecule has 0 aliphatic heterocycles. The van der Waals surface area contributed by atoms with Crippen LogP contribution in [0.25, 0.3) is 0 Å². The summed E-state index contributed by atoms with van der Waals surface area (Å²) in [6.07, 6.45) is 6.37. The van der Waals surface area contributed by atoms with Gasteiger partial charge in [-0.25, -0.2) is 0 Å². The van der Waals surface area contributed by atoms with Gasteiger partial charge < -0.3 is 5.32 Å². The molecule has 1 aromatic carbocycles. The number of nitrogens with one attached hydrogen (secondary N) is 1. The Morgan fingerprint density at radius 2 is 2.29 bits per heavy atom. The van der Waals surface area contributed by atoms with E-state index in [9.17, 15) is 0 Å². The van der Waals surface area contributed by atoms with Gasteiger partial charge in [-0.1, -0.05) is 12.5 Å². The molecule has 1 aliphatic rings. The summed E-state index contributed by atoms with van der Waals surface area (Å²) in [5, 5.41) is 3.51. The Bertz CT molecular complexity index is 294. The predicted octanol–water partition coefficient (Wildman–Crippen LogP) is 3.62. The Morgan fingerprint density at radius 1 is 1.43 bits per heavy atom. The summed E-state index contributed by atoms with van der Waals surface area (Å²) in [5.74, 6) is 0.924. The standard InChI is InChI=1S/C12H17NS/c1-14-12-7-3-6-11(8-12)13-9-10-4-2-5-10/h3,6-8,10,13H,2,4-5,9H2,1H3. The maximum atomic E-state index is 3.51. The molecule has 0 atom stereocenters. The van der Waals surface area contributed by atoms with E-state index in [0.717, 1.165) is 12.5 Å². The number of hydrogen-bond acceptors (Lipinski definition) is 2. The van der Waals surface area contributed by atoms with E-state index in [2.05, 4.69) is 35.8 Å². The third kappa shape index (κ3) is 2.44. The molecule has 76 valence electrons. The van der Waals surface area contributed by atoms with Gasteiger partial charge in [0.2, 0.25) is 0 Å². The summed E-state index contributed by atoms with van der Waals surface area (Å²) >= 11 is 1.80. The van der Waals surface area contributed by atoms with Crippen LogP contribution in [0.1, 0.15) is 19.3 Å². The summed E-state index contributed by atoms with van der Waals surface area (Å²) in [5.41, 5.74) is 1.27. The van der Waals surface area contributed by atoms with E-state index in [1.165, 1.54) is 29.8 Å². The zero-order chi connectivity index (χ0) is 9.80. The van der Waals surface area contributed by atoms with E-state index in [0.29, 0.717) is 0 Å². The van der Waals surface area contributed by atoms with Crippen molar-refractivity contribution >= 4 is 17.4 Å². The Hall–Kier alpha value is -0.630. The molecule has 0 spiro atoms. The predicted molar refractivity (Wildman–Crippen MR) is 64.1 cm³/mol. The zero-order valence-electron chi connectivity index (χ0n) is 8.62. The third-order valence-corrected chi connectivity index (χ3v) is 3.61. The van der Waals surface area contributed by atoms with Crippen LogP contribution in [0.3, 0.4) is 0 Å². The fraction of sp³-hybridized carbons (Fsp3) is 0.500. The van der Waals surface area contributed by atoms with Crippen LogP contribution in [-0.4, -0.2) is 12.8 Å². The SMILES string of the molecule is CSc1cccc(NCC2CCC2)c1. The van der Waals surface area contributed by atoms with Crippen molar-refractivity contribution in [1.82, 2.24) is 0 Å². The van der Waals surface area contributed by atoms with Gasteiger partial charge in [0.05, 0.1) is 0 Å². The van der Waals surface area contributed by atoms with Gasteiger partial charge in [-0.05, 0) is 43.2 Å². The highest BCUT2D eigenvalue weighted by Crippen LogP contribution is 2.27. The van der Waals surface area contributed by atoms with Crippen molar-refractivity contribution in [1.29, 1.82) is 0 Å². The van der Waals surface area contributed by atoms with E-state index >= 15 is 0 Å². The number of benzene rings is 1. The highest BCUT2D eigenvalue weighted by molar-refractivity contribution is 7.98. The van der Waals surface area contributed by atoms with Gasteiger partial charge in [0, 0.05) is 17.1 Å². The van der Waals surface area contributed by atoms with E-state index in [4.69, 9.17) is 0 Å². The first-order valence-corrected chi connectivity index (χ1v) is 6.49. The molecule has 0 radical (unpaired) electrons. The molecule has 1 nitrogen and oxygen atoms in total. The van der Waals surface area contributed by atoms with Crippen LogP contribution in [0, 0.1) is 5.92 Å². The number of anilines is 1. The van der Waals surface area contributed by atoms with Gasteiger partial charge in [0.25, 0.3) is 0 Å². The van der Waals surface area contributed by atoms with E-state index in [-0.39, 0.29) is 0 Å². The van der Waals surface area contributed by atoms with Crippen molar-refractivity contribution in [2.45, 2.75) is 24.2 Å². The van der Waals surface area contributed by atoms with Gasteiger partial charge in [-0.3, -0.25) is 0 Å². The van der Waals surface area contributed by atoms with Crippen LogP contribution >= 0.6 is 11.8 Å². The molecule has 0 unspecified atom stereocenters. The minimum atomic E-state index is 0.924. The minimum absolute atomic E-state index is 0.924. The largest absolute Gasteiger partial charge is 0.385 e. The van der Waals surface area contributed by atoms with Crippen LogP contribution in [0.4, 0.5) is 5.69 Å². The highest BCUT2D eigenvalue weighted by atomic mass is 32.2. The average Bonchev–Trinajstić information content (AvgIpc) is 2.16. The summed E-state index contributed by atoms with van der Waals surface area (Å²) in [6, 6.07) is 8.65. The zero-order valence-corrected chi connectivity index (χ0v) is 9.44. The quantitative estimate of drug-likeness (QED) is 0.757. The summed E-state index contributed by atoms with van der Waals surface area (Å²) < 4.78 is 0. The van der Waals surface area contributed by atoms with Crippen LogP contribution in [-0.2, 0) is 0 Å². The molecule has 1 aromatic rings. The maximum absolute atomic E-state index is 3.51. The van der Waals surface area contributed by atoms with Crippen molar-refractivity contribution < 1.29 is 0 Å².